The van der Waals surface area contributed by atoms with E-state index in [1.165, 1.54) is 0 Å². The van der Waals surface area contributed by atoms with Gasteiger partial charge in [-0.15, -0.1) is 0 Å². The Morgan fingerprint density at radius 1 is 1.50 bits per heavy atom. The highest BCUT2D eigenvalue weighted by molar-refractivity contribution is 5.21. The van der Waals surface area contributed by atoms with E-state index in [9.17, 15) is 13.2 Å². The van der Waals surface area contributed by atoms with Crippen molar-refractivity contribution in [3.63, 3.8) is 0 Å². The second kappa shape index (κ2) is 4.07. The fraction of sp³-hybridized carbons (Fsp3) is 0.250. The zero-order chi connectivity index (χ0) is 10.7. The lowest BCUT2D eigenvalue weighted by Gasteiger charge is -2.09. The van der Waals surface area contributed by atoms with Gasteiger partial charge in [0.25, 0.3) is 0 Å². The summed E-state index contributed by atoms with van der Waals surface area (Å²) in [5, 5.41) is 8.26. The van der Waals surface area contributed by atoms with Crippen molar-refractivity contribution in [3.05, 3.63) is 29.3 Å². The average Bonchev–Trinajstić information content (AvgIpc) is 2.13. The van der Waals surface area contributed by atoms with Crippen LogP contribution in [-0.4, -0.2) is 4.98 Å². The van der Waals surface area contributed by atoms with Crippen LogP contribution in [0.3, 0.4) is 0 Å². The van der Waals surface area contributed by atoms with Gasteiger partial charge in [0.1, 0.15) is 5.82 Å². The highest BCUT2D eigenvalue weighted by Crippen LogP contribution is 2.21. The van der Waals surface area contributed by atoms with Gasteiger partial charge in [0.15, 0.2) is 5.82 Å². The molecule has 74 valence electrons. The summed E-state index contributed by atoms with van der Waals surface area (Å²) in [5.74, 6) is -3.91. The number of hydrogen-bond donors (Lipinski definition) is 1. The molecule has 0 spiro atoms. The Balaban J connectivity index is 3.19. The Morgan fingerprint density at radius 3 is 2.71 bits per heavy atom. The normalized spacial score (nSPS) is 12.2. The Labute approximate surface area is 78.0 Å². The van der Waals surface area contributed by atoms with Crippen LogP contribution in [-0.2, 0) is 0 Å². The summed E-state index contributed by atoms with van der Waals surface area (Å²) in [4.78, 5) is 2.83. The third kappa shape index (κ3) is 1.83. The second-order valence-electron chi connectivity index (χ2n) is 2.59. The quantitative estimate of drug-likeness (QED) is 0.736. The molecule has 0 saturated heterocycles. The molecule has 1 aromatic rings. The number of aromatic nitrogens is 1. The smallest absolute Gasteiger partial charge is 0.249 e. The summed E-state index contributed by atoms with van der Waals surface area (Å²) in [7, 11) is 0. The number of nitrogens with zero attached hydrogens (tertiary/aromatic N) is 2. The molecule has 2 N–H and O–H groups in total. The van der Waals surface area contributed by atoms with E-state index >= 15 is 0 Å². The summed E-state index contributed by atoms with van der Waals surface area (Å²) in [5.41, 5.74) is 4.64. The lowest BCUT2D eigenvalue weighted by molar-refractivity contribution is 0.440. The van der Waals surface area contributed by atoms with E-state index in [1.54, 1.807) is 6.07 Å². The van der Waals surface area contributed by atoms with E-state index in [1.807, 2.05) is 0 Å². The first-order valence-electron chi connectivity index (χ1n) is 3.69. The number of hydrogen-bond acceptors (Lipinski definition) is 3. The fourth-order valence-corrected chi connectivity index (χ4v) is 0.996. The van der Waals surface area contributed by atoms with Crippen LogP contribution in [0, 0.1) is 28.9 Å². The first-order valence-corrected chi connectivity index (χ1v) is 3.69. The summed E-state index contributed by atoms with van der Waals surface area (Å²) in [6, 6.07) is 0.456. The third-order valence-electron chi connectivity index (χ3n) is 1.65. The zero-order valence-electron chi connectivity index (χ0n) is 6.97. The van der Waals surface area contributed by atoms with E-state index in [0.29, 0.717) is 6.20 Å². The van der Waals surface area contributed by atoms with Crippen LogP contribution in [0.5, 0.6) is 0 Å². The third-order valence-corrected chi connectivity index (χ3v) is 1.65. The van der Waals surface area contributed by atoms with Crippen LogP contribution < -0.4 is 5.73 Å². The van der Waals surface area contributed by atoms with Crippen molar-refractivity contribution in [1.82, 2.24) is 4.98 Å². The van der Waals surface area contributed by atoms with Gasteiger partial charge < -0.3 is 5.73 Å². The maximum absolute atomic E-state index is 13.0. The van der Waals surface area contributed by atoms with Gasteiger partial charge in [-0.3, -0.25) is 0 Å². The van der Waals surface area contributed by atoms with Gasteiger partial charge in [-0.25, -0.2) is 13.8 Å². The van der Waals surface area contributed by atoms with Gasteiger partial charge in [-0.05, 0) is 0 Å². The van der Waals surface area contributed by atoms with Crippen LogP contribution >= 0.6 is 0 Å². The van der Waals surface area contributed by atoms with Crippen molar-refractivity contribution < 1.29 is 13.2 Å². The maximum atomic E-state index is 13.0. The second-order valence-corrected chi connectivity index (χ2v) is 2.59. The first-order chi connectivity index (χ1) is 6.57. The highest BCUT2D eigenvalue weighted by atomic mass is 19.2. The summed E-state index contributed by atoms with van der Waals surface area (Å²) >= 11 is 0. The van der Waals surface area contributed by atoms with Crippen molar-refractivity contribution in [2.75, 3.05) is 0 Å². The van der Waals surface area contributed by atoms with Gasteiger partial charge >= 0.3 is 0 Å². The molecule has 14 heavy (non-hydrogen) atoms. The van der Waals surface area contributed by atoms with Gasteiger partial charge in [0.05, 0.1) is 18.7 Å². The molecule has 0 saturated carbocycles. The van der Waals surface area contributed by atoms with Crippen LogP contribution in [0.2, 0.25) is 0 Å². The molecule has 0 aliphatic rings. The van der Waals surface area contributed by atoms with E-state index in [0.717, 1.165) is 0 Å². The standard InChI is InChI=1S/C8H6F3N3/c9-4-3-14-8(11)7(10)6(4)5(13)1-2-12/h3,5H,1,13H2/t5-/m0/s1. The van der Waals surface area contributed by atoms with Crippen LogP contribution in [0.1, 0.15) is 18.0 Å². The van der Waals surface area contributed by atoms with Gasteiger partial charge in [0, 0.05) is 11.6 Å². The molecule has 0 aliphatic carbocycles. The van der Waals surface area contributed by atoms with Crippen LogP contribution in [0.25, 0.3) is 0 Å². The van der Waals surface area contributed by atoms with Crippen molar-refractivity contribution in [2.24, 2.45) is 5.73 Å². The zero-order valence-corrected chi connectivity index (χ0v) is 6.97. The Morgan fingerprint density at radius 2 is 2.14 bits per heavy atom. The van der Waals surface area contributed by atoms with E-state index in [4.69, 9.17) is 11.0 Å². The molecule has 1 heterocycles. The van der Waals surface area contributed by atoms with Gasteiger partial charge in [-0.1, -0.05) is 0 Å². The number of nitrogens with two attached hydrogens (primary N) is 1. The predicted molar refractivity (Wildman–Crippen MR) is 41.3 cm³/mol. The number of halogens is 3. The molecule has 1 rings (SSSR count). The summed E-state index contributed by atoms with van der Waals surface area (Å²) < 4.78 is 38.5. The van der Waals surface area contributed by atoms with Crippen LogP contribution in [0.4, 0.5) is 13.2 Å². The van der Waals surface area contributed by atoms with Gasteiger partial charge in [-0.2, -0.15) is 9.65 Å². The number of pyridine rings is 1. The summed E-state index contributed by atoms with van der Waals surface area (Å²) in [6.45, 7) is 0. The Hall–Kier alpha value is -1.61. The Bertz CT molecular complexity index is 386. The maximum Gasteiger partial charge on any atom is 0.249 e. The fourth-order valence-electron chi connectivity index (χ4n) is 0.996. The lowest BCUT2D eigenvalue weighted by atomic mass is 10.1. The number of rotatable bonds is 2. The van der Waals surface area contributed by atoms with Crippen molar-refractivity contribution in [1.29, 1.82) is 5.26 Å². The molecule has 0 aromatic carbocycles. The van der Waals surface area contributed by atoms with Crippen molar-refractivity contribution in [2.45, 2.75) is 12.5 Å². The largest absolute Gasteiger partial charge is 0.323 e. The minimum atomic E-state index is -1.44. The molecular formula is C8H6F3N3. The minimum Gasteiger partial charge on any atom is -0.323 e. The molecule has 0 unspecified atom stereocenters. The van der Waals surface area contributed by atoms with Crippen molar-refractivity contribution in [3.8, 4) is 6.07 Å². The lowest BCUT2D eigenvalue weighted by Crippen LogP contribution is -2.15. The van der Waals surface area contributed by atoms with Crippen LogP contribution in [0.15, 0.2) is 6.20 Å². The SMILES string of the molecule is N#CC[C@H](N)c1c(F)cnc(F)c1F. The topological polar surface area (TPSA) is 62.7 Å². The number of nitriles is 1. The first kappa shape index (κ1) is 10.5. The summed E-state index contributed by atoms with van der Waals surface area (Å²) in [6.07, 6.45) is 0.238. The van der Waals surface area contributed by atoms with E-state index in [2.05, 4.69) is 4.98 Å². The molecule has 0 fully saturated rings. The Kier molecular flexibility index (Phi) is 3.04. The molecule has 1 aromatic heterocycles. The van der Waals surface area contributed by atoms with Crippen molar-refractivity contribution >= 4 is 0 Å². The molecule has 0 bridgehead atoms. The molecular weight excluding hydrogens is 195 g/mol. The predicted octanol–water partition coefficient (Wildman–Crippen LogP) is 1.41. The molecule has 0 aliphatic heterocycles. The molecule has 6 heteroatoms. The molecule has 0 amide bonds. The molecule has 3 nitrogen and oxygen atoms in total. The molecule has 1 atom stereocenters. The van der Waals surface area contributed by atoms with Gasteiger partial charge in [0.2, 0.25) is 5.95 Å². The van der Waals surface area contributed by atoms with E-state index in [-0.39, 0.29) is 6.42 Å². The minimum absolute atomic E-state index is 0.294. The average molecular weight is 201 g/mol. The monoisotopic (exact) mass is 201 g/mol. The molecule has 0 radical (unpaired) electrons. The highest BCUT2D eigenvalue weighted by Gasteiger charge is 2.20. The van der Waals surface area contributed by atoms with E-state index < -0.39 is 29.2 Å².